The quantitative estimate of drug-likeness (QED) is 0.210. The number of ether oxygens (including phenoxy) is 1. The van der Waals surface area contributed by atoms with Gasteiger partial charge in [-0.1, -0.05) is 54.6 Å². The maximum atomic E-state index is 5.81. The molecular formula is C24H31IN4OS. The smallest absolute Gasteiger partial charge is 0.191 e. The van der Waals surface area contributed by atoms with Gasteiger partial charge in [-0.3, -0.25) is 0 Å². The van der Waals surface area contributed by atoms with E-state index in [0.717, 1.165) is 36.2 Å². The van der Waals surface area contributed by atoms with Crippen molar-refractivity contribution in [3.8, 4) is 0 Å². The van der Waals surface area contributed by atoms with Gasteiger partial charge in [-0.05, 0) is 30.5 Å². The van der Waals surface area contributed by atoms with Crippen molar-refractivity contribution in [3.63, 3.8) is 0 Å². The first-order valence-electron chi connectivity index (χ1n) is 10.4. The molecule has 7 heteroatoms. The molecule has 1 aromatic heterocycles. The molecule has 3 aromatic rings. The number of halogens is 1. The van der Waals surface area contributed by atoms with Gasteiger partial charge in [0.05, 0.1) is 30.5 Å². The highest BCUT2D eigenvalue weighted by Gasteiger charge is 2.01. The summed E-state index contributed by atoms with van der Waals surface area (Å²) in [5.41, 5.74) is 4.67. The van der Waals surface area contributed by atoms with Crippen molar-refractivity contribution >= 4 is 41.3 Å². The summed E-state index contributed by atoms with van der Waals surface area (Å²) < 4.78 is 5.81. The Kier molecular flexibility index (Phi) is 11.6. The SMILES string of the molecule is CCNC(=NCc1ccc(COCc2ccccc2)cc1)NCCc1csc(C)n1.I. The van der Waals surface area contributed by atoms with Gasteiger partial charge in [0.25, 0.3) is 0 Å². The molecule has 0 amide bonds. The molecule has 1 heterocycles. The molecule has 0 saturated carbocycles. The molecule has 0 bridgehead atoms. The Bertz CT molecular complexity index is 913. The number of aryl methyl sites for hydroxylation is 1. The Hall–Kier alpha value is -1.97. The van der Waals surface area contributed by atoms with Crippen LogP contribution in [0.2, 0.25) is 0 Å². The molecule has 0 saturated heterocycles. The molecule has 166 valence electrons. The van der Waals surface area contributed by atoms with Gasteiger partial charge in [-0.2, -0.15) is 0 Å². The molecule has 2 N–H and O–H groups in total. The van der Waals surface area contributed by atoms with E-state index in [1.54, 1.807) is 11.3 Å². The minimum atomic E-state index is 0. The average Bonchev–Trinajstić information content (AvgIpc) is 3.19. The maximum absolute atomic E-state index is 5.81. The van der Waals surface area contributed by atoms with Gasteiger partial charge in [0.15, 0.2) is 5.96 Å². The molecule has 0 unspecified atom stereocenters. The summed E-state index contributed by atoms with van der Waals surface area (Å²) in [6.07, 6.45) is 0.895. The largest absolute Gasteiger partial charge is 0.372 e. The number of nitrogens with zero attached hydrogens (tertiary/aromatic N) is 2. The number of hydrogen-bond donors (Lipinski definition) is 2. The molecule has 2 aromatic carbocycles. The summed E-state index contributed by atoms with van der Waals surface area (Å²) in [5.74, 6) is 0.833. The number of thiazole rings is 1. The maximum Gasteiger partial charge on any atom is 0.191 e. The lowest BCUT2D eigenvalue weighted by atomic mass is 10.1. The normalized spacial score (nSPS) is 11.1. The van der Waals surface area contributed by atoms with E-state index in [1.807, 2.05) is 25.1 Å². The summed E-state index contributed by atoms with van der Waals surface area (Å²) in [4.78, 5) is 9.20. The van der Waals surface area contributed by atoms with Gasteiger partial charge >= 0.3 is 0 Å². The van der Waals surface area contributed by atoms with E-state index in [9.17, 15) is 0 Å². The van der Waals surface area contributed by atoms with Crippen molar-refractivity contribution in [2.45, 2.75) is 40.0 Å². The highest BCUT2D eigenvalue weighted by atomic mass is 127. The second-order valence-electron chi connectivity index (χ2n) is 7.02. The fraction of sp³-hybridized carbons (Fsp3) is 0.333. The highest BCUT2D eigenvalue weighted by molar-refractivity contribution is 14.0. The van der Waals surface area contributed by atoms with E-state index >= 15 is 0 Å². The predicted molar refractivity (Wildman–Crippen MR) is 140 cm³/mol. The van der Waals surface area contributed by atoms with Gasteiger partial charge in [-0.25, -0.2) is 9.98 Å². The van der Waals surface area contributed by atoms with Crippen molar-refractivity contribution in [2.24, 2.45) is 4.99 Å². The minimum absolute atomic E-state index is 0. The van der Waals surface area contributed by atoms with E-state index in [-0.39, 0.29) is 24.0 Å². The van der Waals surface area contributed by atoms with Crippen LogP contribution >= 0.6 is 35.3 Å². The molecular weight excluding hydrogens is 519 g/mol. The number of nitrogens with one attached hydrogen (secondary N) is 2. The number of benzene rings is 2. The van der Waals surface area contributed by atoms with Gasteiger partial charge in [0, 0.05) is 24.9 Å². The molecule has 0 aliphatic rings. The average molecular weight is 551 g/mol. The van der Waals surface area contributed by atoms with Crippen molar-refractivity contribution in [3.05, 3.63) is 87.4 Å². The van der Waals surface area contributed by atoms with E-state index in [1.165, 1.54) is 16.7 Å². The zero-order valence-electron chi connectivity index (χ0n) is 18.1. The minimum Gasteiger partial charge on any atom is -0.372 e. The van der Waals surface area contributed by atoms with E-state index in [4.69, 9.17) is 9.73 Å². The second-order valence-corrected chi connectivity index (χ2v) is 8.09. The Morgan fingerprint density at radius 3 is 2.29 bits per heavy atom. The third-order valence-electron chi connectivity index (χ3n) is 4.51. The van der Waals surface area contributed by atoms with Crippen LogP contribution in [0.3, 0.4) is 0 Å². The molecule has 0 radical (unpaired) electrons. The standard InChI is InChI=1S/C24H30N4OS.HI/c1-3-25-24(26-14-13-23-18-30-19(2)28-23)27-15-20-9-11-22(12-10-20)17-29-16-21-7-5-4-6-8-21;/h4-12,18H,3,13-17H2,1-2H3,(H2,25,26,27);1H. The molecule has 0 fully saturated rings. The molecule has 0 aliphatic heterocycles. The van der Waals surface area contributed by atoms with Crippen LogP contribution < -0.4 is 10.6 Å². The number of guanidine groups is 1. The number of aromatic nitrogens is 1. The van der Waals surface area contributed by atoms with E-state index in [2.05, 4.69) is 64.3 Å². The third kappa shape index (κ3) is 9.37. The van der Waals surface area contributed by atoms with Crippen molar-refractivity contribution in [1.82, 2.24) is 15.6 Å². The van der Waals surface area contributed by atoms with E-state index < -0.39 is 0 Å². The lowest BCUT2D eigenvalue weighted by Crippen LogP contribution is -2.38. The highest BCUT2D eigenvalue weighted by Crippen LogP contribution is 2.10. The van der Waals surface area contributed by atoms with Gasteiger partial charge in [-0.15, -0.1) is 35.3 Å². The fourth-order valence-electron chi connectivity index (χ4n) is 2.95. The zero-order chi connectivity index (χ0) is 21.0. The number of aliphatic imine (C=N–C) groups is 1. The number of rotatable bonds is 10. The molecule has 0 atom stereocenters. The van der Waals surface area contributed by atoms with Crippen molar-refractivity contribution in [2.75, 3.05) is 13.1 Å². The summed E-state index contributed by atoms with van der Waals surface area (Å²) in [5, 5.41) is 9.92. The lowest BCUT2D eigenvalue weighted by Gasteiger charge is -2.11. The molecule has 0 aliphatic carbocycles. The van der Waals surface area contributed by atoms with Crippen molar-refractivity contribution < 1.29 is 4.74 Å². The first kappa shape index (κ1) is 25.3. The van der Waals surface area contributed by atoms with Crippen LogP contribution in [0.25, 0.3) is 0 Å². The van der Waals surface area contributed by atoms with Crippen LogP contribution in [-0.2, 0) is 30.9 Å². The summed E-state index contributed by atoms with van der Waals surface area (Å²) >= 11 is 1.69. The van der Waals surface area contributed by atoms with Crippen LogP contribution in [0, 0.1) is 6.92 Å². The zero-order valence-corrected chi connectivity index (χ0v) is 21.3. The first-order chi connectivity index (χ1) is 14.7. The van der Waals surface area contributed by atoms with Gasteiger partial charge in [0.1, 0.15) is 0 Å². The Labute approximate surface area is 206 Å². The van der Waals surface area contributed by atoms with Crippen molar-refractivity contribution in [1.29, 1.82) is 0 Å². The Morgan fingerprint density at radius 2 is 1.65 bits per heavy atom. The molecule has 3 rings (SSSR count). The molecule has 31 heavy (non-hydrogen) atoms. The van der Waals surface area contributed by atoms with Crippen LogP contribution in [0.1, 0.15) is 34.3 Å². The van der Waals surface area contributed by atoms with E-state index in [0.29, 0.717) is 19.8 Å². The third-order valence-corrected chi connectivity index (χ3v) is 5.33. The van der Waals surface area contributed by atoms with Crippen LogP contribution in [-0.4, -0.2) is 24.0 Å². The monoisotopic (exact) mass is 550 g/mol. The molecule has 0 spiro atoms. The van der Waals surface area contributed by atoms with Gasteiger partial charge < -0.3 is 15.4 Å². The summed E-state index contributed by atoms with van der Waals surface area (Å²) in [6, 6.07) is 18.7. The Balaban J connectivity index is 0.00000341. The summed E-state index contributed by atoms with van der Waals surface area (Å²) in [7, 11) is 0. The first-order valence-corrected chi connectivity index (χ1v) is 11.2. The molecule has 5 nitrogen and oxygen atoms in total. The number of hydrogen-bond acceptors (Lipinski definition) is 4. The predicted octanol–water partition coefficient (Wildman–Crippen LogP) is 5.08. The van der Waals surface area contributed by atoms with Crippen LogP contribution in [0.15, 0.2) is 65.0 Å². The van der Waals surface area contributed by atoms with Crippen LogP contribution in [0.5, 0.6) is 0 Å². The van der Waals surface area contributed by atoms with Crippen LogP contribution in [0.4, 0.5) is 0 Å². The lowest BCUT2D eigenvalue weighted by molar-refractivity contribution is 0.107. The fourth-order valence-corrected chi connectivity index (χ4v) is 3.59. The topological polar surface area (TPSA) is 58.5 Å². The van der Waals surface area contributed by atoms with Gasteiger partial charge in [0.2, 0.25) is 0 Å². The second kappa shape index (κ2) is 14.2. The Morgan fingerprint density at radius 1 is 0.968 bits per heavy atom. The summed E-state index contributed by atoms with van der Waals surface area (Å²) in [6.45, 7) is 7.63.